The van der Waals surface area contributed by atoms with Gasteiger partial charge in [0.1, 0.15) is 12.4 Å². The third kappa shape index (κ3) is 6.60. The first-order chi connectivity index (χ1) is 9.50. The number of rotatable bonds is 9. The van der Waals surface area contributed by atoms with Crippen LogP contribution in [0.3, 0.4) is 0 Å². The molecule has 1 aromatic rings. The zero-order valence-corrected chi connectivity index (χ0v) is 13.5. The normalized spacial score (nSPS) is 12.7. The fourth-order valence-corrected chi connectivity index (χ4v) is 2.07. The molecule has 0 spiro atoms. The predicted molar refractivity (Wildman–Crippen MR) is 84.6 cm³/mol. The molecule has 1 aromatic carbocycles. The standard InChI is InChI=1S/C16H26ClNO2/c1-12(2)7-8-19-9-10-20-16-6-4-5-15(17)14(16)11-13(3)18/h4-6,12-13H,7-11,18H2,1-3H3. The third-order valence-electron chi connectivity index (χ3n) is 2.93. The van der Waals surface area contributed by atoms with E-state index in [4.69, 9.17) is 26.8 Å². The van der Waals surface area contributed by atoms with Gasteiger partial charge in [0.05, 0.1) is 6.61 Å². The van der Waals surface area contributed by atoms with Gasteiger partial charge >= 0.3 is 0 Å². The lowest BCUT2D eigenvalue weighted by Crippen LogP contribution is -2.19. The van der Waals surface area contributed by atoms with E-state index in [0.717, 1.165) is 24.3 Å². The van der Waals surface area contributed by atoms with Gasteiger partial charge in [-0.05, 0) is 37.8 Å². The van der Waals surface area contributed by atoms with Gasteiger partial charge in [-0.15, -0.1) is 0 Å². The molecule has 1 rings (SSSR count). The van der Waals surface area contributed by atoms with Gasteiger partial charge in [0.25, 0.3) is 0 Å². The summed E-state index contributed by atoms with van der Waals surface area (Å²) < 4.78 is 11.3. The second-order valence-corrected chi connectivity index (χ2v) is 5.95. The molecule has 0 aromatic heterocycles. The molecule has 0 heterocycles. The maximum absolute atomic E-state index is 6.20. The molecule has 0 saturated carbocycles. The summed E-state index contributed by atoms with van der Waals surface area (Å²) in [6, 6.07) is 5.74. The van der Waals surface area contributed by atoms with Crippen LogP contribution in [-0.2, 0) is 11.2 Å². The van der Waals surface area contributed by atoms with Crippen molar-refractivity contribution >= 4 is 11.6 Å². The van der Waals surface area contributed by atoms with Crippen LogP contribution in [0.2, 0.25) is 5.02 Å². The molecular formula is C16H26ClNO2. The summed E-state index contributed by atoms with van der Waals surface area (Å²) >= 11 is 6.20. The van der Waals surface area contributed by atoms with Gasteiger partial charge in [-0.25, -0.2) is 0 Å². The molecule has 0 saturated heterocycles. The van der Waals surface area contributed by atoms with E-state index in [1.54, 1.807) is 0 Å². The molecule has 0 bridgehead atoms. The molecule has 1 unspecified atom stereocenters. The zero-order valence-electron chi connectivity index (χ0n) is 12.7. The summed E-state index contributed by atoms with van der Waals surface area (Å²) in [5.41, 5.74) is 6.82. The lowest BCUT2D eigenvalue weighted by atomic mass is 10.1. The number of halogens is 1. The van der Waals surface area contributed by atoms with E-state index in [2.05, 4.69) is 13.8 Å². The molecule has 4 heteroatoms. The Morgan fingerprint density at radius 2 is 1.90 bits per heavy atom. The number of hydrogen-bond acceptors (Lipinski definition) is 3. The summed E-state index contributed by atoms with van der Waals surface area (Å²) in [6.07, 6.45) is 1.79. The van der Waals surface area contributed by atoms with E-state index in [0.29, 0.717) is 30.6 Å². The van der Waals surface area contributed by atoms with Gasteiger partial charge in [0.15, 0.2) is 0 Å². The maximum Gasteiger partial charge on any atom is 0.124 e. The fraction of sp³-hybridized carbons (Fsp3) is 0.625. The van der Waals surface area contributed by atoms with Gasteiger partial charge in [0.2, 0.25) is 0 Å². The Morgan fingerprint density at radius 3 is 2.55 bits per heavy atom. The maximum atomic E-state index is 6.20. The minimum absolute atomic E-state index is 0.0551. The average Bonchev–Trinajstić information content (AvgIpc) is 2.36. The molecule has 0 aliphatic carbocycles. The number of nitrogens with two attached hydrogens (primary N) is 1. The highest BCUT2D eigenvalue weighted by Gasteiger charge is 2.10. The van der Waals surface area contributed by atoms with E-state index in [9.17, 15) is 0 Å². The van der Waals surface area contributed by atoms with Gasteiger partial charge in [-0.3, -0.25) is 0 Å². The van der Waals surface area contributed by atoms with E-state index in [1.165, 1.54) is 0 Å². The second kappa shape index (κ2) is 9.22. The Labute approximate surface area is 127 Å². The molecule has 114 valence electrons. The Balaban J connectivity index is 2.41. The molecule has 0 aliphatic heterocycles. The average molecular weight is 300 g/mol. The van der Waals surface area contributed by atoms with Gasteiger partial charge in [-0.2, -0.15) is 0 Å². The van der Waals surface area contributed by atoms with Gasteiger partial charge in [0, 0.05) is 23.2 Å². The first-order valence-corrected chi connectivity index (χ1v) is 7.62. The van der Waals surface area contributed by atoms with E-state index in [-0.39, 0.29) is 6.04 Å². The summed E-state index contributed by atoms with van der Waals surface area (Å²) in [5, 5.41) is 0.709. The van der Waals surface area contributed by atoms with Crippen LogP contribution in [0.5, 0.6) is 5.75 Å². The van der Waals surface area contributed by atoms with Crippen molar-refractivity contribution in [1.82, 2.24) is 0 Å². The summed E-state index contributed by atoms with van der Waals surface area (Å²) in [4.78, 5) is 0. The van der Waals surface area contributed by atoms with Gasteiger partial charge in [-0.1, -0.05) is 31.5 Å². The highest BCUT2D eigenvalue weighted by Crippen LogP contribution is 2.27. The van der Waals surface area contributed by atoms with E-state index < -0.39 is 0 Å². The second-order valence-electron chi connectivity index (χ2n) is 5.54. The lowest BCUT2D eigenvalue weighted by molar-refractivity contribution is 0.0922. The minimum Gasteiger partial charge on any atom is -0.491 e. The van der Waals surface area contributed by atoms with Gasteiger partial charge < -0.3 is 15.2 Å². The van der Waals surface area contributed by atoms with E-state index in [1.807, 2.05) is 25.1 Å². The lowest BCUT2D eigenvalue weighted by Gasteiger charge is -2.14. The first-order valence-electron chi connectivity index (χ1n) is 7.24. The molecule has 3 nitrogen and oxygen atoms in total. The summed E-state index contributed by atoms with van der Waals surface area (Å²) in [6.45, 7) is 8.24. The van der Waals surface area contributed by atoms with Crippen LogP contribution in [0.25, 0.3) is 0 Å². The molecule has 0 radical (unpaired) electrons. The Kier molecular flexibility index (Phi) is 7.97. The van der Waals surface area contributed by atoms with Crippen LogP contribution in [0.4, 0.5) is 0 Å². The molecule has 0 amide bonds. The number of ether oxygens (including phenoxy) is 2. The molecule has 1 atom stereocenters. The minimum atomic E-state index is 0.0551. The Bertz CT molecular complexity index is 394. The van der Waals surface area contributed by atoms with Crippen molar-refractivity contribution in [2.45, 2.75) is 39.7 Å². The SMILES string of the molecule is CC(C)CCOCCOc1cccc(Cl)c1CC(C)N. The topological polar surface area (TPSA) is 44.5 Å². The van der Waals surface area contributed by atoms with Crippen molar-refractivity contribution < 1.29 is 9.47 Å². The number of hydrogen-bond donors (Lipinski definition) is 1. The van der Waals surface area contributed by atoms with Crippen LogP contribution >= 0.6 is 11.6 Å². The monoisotopic (exact) mass is 299 g/mol. The fourth-order valence-electron chi connectivity index (χ4n) is 1.83. The molecule has 20 heavy (non-hydrogen) atoms. The predicted octanol–water partition coefficient (Wildman–Crippen LogP) is 3.67. The van der Waals surface area contributed by atoms with Crippen molar-refractivity contribution in [3.05, 3.63) is 28.8 Å². The van der Waals surface area contributed by atoms with E-state index >= 15 is 0 Å². The van der Waals surface area contributed by atoms with Crippen LogP contribution in [0.15, 0.2) is 18.2 Å². The molecule has 0 fully saturated rings. The van der Waals surface area contributed by atoms with Crippen LogP contribution in [0, 0.1) is 5.92 Å². The smallest absolute Gasteiger partial charge is 0.124 e. The molecular weight excluding hydrogens is 274 g/mol. The third-order valence-corrected chi connectivity index (χ3v) is 3.28. The van der Waals surface area contributed by atoms with Crippen molar-refractivity contribution in [3.8, 4) is 5.75 Å². The summed E-state index contributed by atoms with van der Waals surface area (Å²) in [7, 11) is 0. The molecule has 2 N–H and O–H groups in total. The number of benzene rings is 1. The van der Waals surface area contributed by atoms with Crippen molar-refractivity contribution in [2.24, 2.45) is 11.7 Å². The first kappa shape index (κ1) is 17.3. The Morgan fingerprint density at radius 1 is 1.15 bits per heavy atom. The summed E-state index contributed by atoms with van der Waals surface area (Å²) in [5.74, 6) is 1.48. The highest BCUT2D eigenvalue weighted by molar-refractivity contribution is 6.31. The van der Waals surface area contributed by atoms with Crippen LogP contribution < -0.4 is 10.5 Å². The van der Waals surface area contributed by atoms with Crippen LogP contribution in [0.1, 0.15) is 32.8 Å². The van der Waals surface area contributed by atoms with Crippen molar-refractivity contribution in [1.29, 1.82) is 0 Å². The quantitative estimate of drug-likeness (QED) is 0.708. The highest BCUT2D eigenvalue weighted by atomic mass is 35.5. The van der Waals surface area contributed by atoms with Crippen LogP contribution in [-0.4, -0.2) is 25.9 Å². The van der Waals surface area contributed by atoms with Crippen molar-refractivity contribution in [2.75, 3.05) is 19.8 Å². The largest absolute Gasteiger partial charge is 0.491 e. The Hall–Kier alpha value is -0.770. The zero-order chi connectivity index (χ0) is 15.0. The molecule has 0 aliphatic rings. The van der Waals surface area contributed by atoms with Crippen molar-refractivity contribution in [3.63, 3.8) is 0 Å².